The summed E-state index contributed by atoms with van der Waals surface area (Å²) in [6.45, 7) is 2.88. The van der Waals surface area contributed by atoms with Crippen LogP contribution in [0.1, 0.15) is 17.8 Å². The fourth-order valence-electron chi connectivity index (χ4n) is 1.62. The number of hydrogen-bond acceptors (Lipinski definition) is 7. The smallest absolute Gasteiger partial charge is 0.199 e. The number of fused-ring (bicyclic) bond motifs is 1. The molecular weight excluding hydrogens is 250 g/mol. The Morgan fingerprint density at radius 3 is 3.22 bits per heavy atom. The lowest BCUT2D eigenvalue weighted by Crippen LogP contribution is -2.12. The Kier molecular flexibility index (Phi) is 2.85. The first-order valence-corrected chi connectivity index (χ1v) is 6.38. The van der Waals surface area contributed by atoms with Crippen LogP contribution in [0.5, 0.6) is 0 Å². The number of anilines is 1. The third-order valence-electron chi connectivity index (χ3n) is 2.57. The van der Waals surface area contributed by atoms with Crippen LogP contribution >= 0.6 is 11.3 Å². The summed E-state index contributed by atoms with van der Waals surface area (Å²) < 4.78 is 1.63. The van der Waals surface area contributed by atoms with Crippen LogP contribution in [0.4, 0.5) is 5.82 Å². The zero-order valence-electron chi connectivity index (χ0n) is 9.69. The molecule has 0 spiro atoms. The van der Waals surface area contributed by atoms with Gasteiger partial charge in [-0.15, -0.1) is 16.4 Å². The van der Waals surface area contributed by atoms with Crippen molar-refractivity contribution in [2.24, 2.45) is 0 Å². The molecule has 3 rings (SSSR count). The second-order valence-electron chi connectivity index (χ2n) is 3.89. The molecule has 8 heteroatoms. The molecule has 3 aromatic heterocycles. The van der Waals surface area contributed by atoms with Crippen LogP contribution in [0.15, 0.2) is 24.0 Å². The van der Waals surface area contributed by atoms with E-state index in [1.165, 1.54) is 0 Å². The van der Waals surface area contributed by atoms with Gasteiger partial charge in [-0.25, -0.2) is 4.98 Å². The monoisotopic (exact) mass is 261 g/mol. The van der Waals surface area contributed by atoms with E-state index in [0.717, 1.165) is 17.4 Å². The molecule has 0 aliphatic rings. The van der Waals surface area contributed by atoms with Crippen LogP contribution < -0.4 is 5.32 Å². The highest BCUT2D eigenvalue weighted by Crippen LogP contribution is 2.18. The van der Waals surface area contributed by atoms with Gasteiger partial charge >= 0.3 is 0 Å². The topological polar surface area (TPSA) is 80.9 Å². The summed E-state index contributed by atoms with van der Waals surface area (Å²) in [6.07, 6.45) is 5.15. The van der Waals surface area contributed by atoms with Crippen LogP contribution in [0.3, 0.4) is 0 Å². The van der Waals surface area contributed by atoms with E-state index in [1.54, 1.807) is 28.2 Å². The number of tetrazole rings is 1. The van der Waals surface area contributed by atoms with E-state index in [2.05, 4.69) is 37.7 Å². The average Bonchev–Trinajstić information content (AvgIpc) is 3.05. The molecule has 3 aromatic rings. The first-order chi connectivity index (χ1) is 8.84. The fourth-order valence-corrected chi connectivity index (χ4v) is 2.32. The highest BCUT2D eigenvalue weighted by atomic mass is 32.1. The number of aromatic nitrogens is 6. The molecule has 18 heavy (non-hydrogen) atoms. The lowest BCUT2D eigenvalue weighted by molar-refractivity contribution is 0.772. The number of nitrogens with zero attached hydrogens (tertiary/aromatic N) is 6. The SMILES string of the molecule is CC(CNc1cncc2nnnn12)c1nccs1. The zero-order valence-corrected chi connectivity index (χ0v) is 10.5. The summed E-state index contributed by atoms with van der Waals surface area (Å²) >= 11 is 1.66. The quantitative estimate of drug-likeness (QED) is 0.759. The average molecular weight is 261 g/mol. The van der Waals surface area contributed by atoms with Crippen LogP contribution in [0.25, 0.3) is 5.65 Å². The molecule has 0 saturated heterocycles. The van der Waals surface area contributed by atoms with Crippen molar-refractivity contribution in [1.29, 1.82) is 0 Å². The number of thiazole rings is 1. The van der Waals surface area contributed by atoms with E-state index in [0.29, 0.717) is 11.6 Å². The minimum Gasteiger partial charge on any atom is -0.368 e. The molecule has 0 amide bonds. The maximum Gasteiger partial charge on any atom is 0.199 e. The van der Waals surface area contributed by atoms with Gasteiger partial charge in [0.05, 0.1) is 17.4 Å². The highest BCUT2D eigenvalue weighted by Gasteiger charge is 2.09. The predicted molar refractivity (Wildman–Crippen MR) is 67.6 cm³/mol. The van der Waals surface area contributed by atoms with Crippen molar-refractivity contribution >= 4 is 22.8 Å². The van der Waals surface area contributed by atoms with Gasteiger partial charge in [-0.1, -0.05) is 6.92 Å². The molecule has 92 valence electrons. The van der Waals surface area contributed by atoms with Crippen LogP contribution in [0.2, 0.25) is 0 Å². The molecule has 1 N–H and O–H groups in total. The van der Waals surface area contributed by atoms with Gasteiger partial charge in [0, 0.05) is 24.0 Å². The molecule has 1 unspecified atom stereocenters. The van der Waals surface area contributed by atoms with E-state index in [4.69, 9.17) is 0 Å². The third-order valence-corrected chi connectivity index (χ3v) is 3.58. The normalized spacial score (nSPS) is 12.7. The van der Waals surface area contributed by atoms with Crippen molar-refractivity contribution in [3.63, 3.8) is 0 Å². The van der Waals surface area contributed by atoms with E-state index in [1.807, 2.05) is 11.6 Å². The first kappa shape index (κ1) is 11.0. The Bertz CT molecular complexity index is 633. The number of rotatable bonds is 4. The molecule has 3 heterocycles. The second-order valence-corrected chi connectivity index (χ2v) is 4.82. The maximum atomic E-state index is 4.30. The molecule has 0 aromatic carbocycles. The van der Waals surface area contributed by atoms with Crippen molar-refractivity contribution in [3.05, 3.63) is 29.0 Å². The summed E-state index contributed by atoms with van der Waals surface area (Å²) in [5.74, 6) is 1.11. The van der Waals surface area contributed by atoms with Crippen LogP contribution in [-0.2, 0) is 0 Å². The van der Waals surface area contributed by atoms with Gasteiger partial charge in [-0.05, 0) is 10.4 Å². The standard InChI is InChI=1S/C10H11N7S/c1-7(10-12-2-3-18-10)4-13-8-5-11-6-9-14-15-16-17(8)9/h2-3,5-7,13H,4H2,1H3. The van der Waals surface area contributed by atoms with Crippen LogP contribution in [0, 0.1) is 0 Å². The van der Waals surface area contributed by atoms with Gasteiger partial charge in [0.25, 0.3) is 0 Å². The Balaban J connectivity index is 1.75. The number of nitrogens with one attached hydrogen (secondary N) is 1. The molecule has 0 aliphatic heterocycles. The van der Waals surface area contributed by atoms with Crippen molar-refractivity contribution < 1.29 is 0 Å². The van der Waals surface area contributed by atoms with Crippen LogP contribution in [-0.4, -0.2) is 36.6 Å². The molecule has 0 bridgehead atoms. The van der Waals surface area contributed by atoms with E-state index < -0.39 is 0 Å². The summed E-state index contributed by atoms with van der Waals surface area (Å²) in [4.78, 5) is 8.38. The van der Waals surface area contributed by atoms with Gasteiger partial charge in [0.15, 0.2) is 5.65 Å². The fraction of sp³-hybridized carbons (Fsp3) is 0.300. The first-order valence-electron chi connectivity index (χ1n) is 5.50. The molecular formula is C10H11N7S. The molecule has 0 aliphatic carbocycles. The molecule has 0 saturated carbocycles. The molecule has 0 radical (unpaired) electrons. The number of hydrogen-bond donors (Lipinski definition) is 1. The molecule has 0 fully saturated rings. The Labute approximate surface area is 107 Å². The van der Waals surface area contributed by atoms with E-state index in [9.17, 15) is 0 Å². The van der Waals surface area contributed by atoms with E-state index >= 15 is 0 Å². The van der Waals surface area contributed by atoms with Gasteiger partial charge < -0.3 is 5.32 Å². The van der Waals surface area contributed by atoms with Gasteiger partial charge in [0.1, 0.15) is 5.82 Å². The third kappa shape index (κ3) is 2.02. The van der Waals surface area contributed by atoms with Gasteiger partial charge in [0.2, 0.25) is 0 Å². The van der Waals surface area contributed by atoms with Crippen molar-refractivity contribution in [3.8, 4) is 0 Å². The van der Waals surface area contributed by atoms with Crippen molar-refractivity contribution in [1.82, 2.24) is 30.0 Å². The minimum atomic E-state index is 0.330. The highest BCUT2D eigenvalue weighted by molar-refractivity contribution is 7.09. The largest absolute Gasteiger partial charge is 0.368 e. The summed E-state index contributed by atoms with van der Waals surface area (Å²) in [5, 5.41) is 17.7. The van der Waals surface area contributed by atoms with Gasteiger partial charge in [-0.2, -0.15) is 4.52 Å². The molecule has 7 nitrogen and oxygen atoms in total. The summed E-state index contributed by atoms with van der Waals surface area (Å²) in [6, 6.07) is 0. The Hall–Kier alpha value is -2.09. The maximum absolute atomic E-state index is 4.30. The Morgan fingerprint density at radius 2 is 2.39 bits per heavy atom. The van der Waals surface area contributed by atoms with Crippen molar-refractivity contribution in [2.75, 3.05) is 11.9 Å². The van der Waals surface area contributed by atoms with Crippen molar-refractivity contribution in [2.45, 2.75) is 12.8 Å². The Morgan fingerprint density at radius 1 is 1.44 bits per heavy atom. The lowest BCUT2D eigenvalue weighted by Gasteiger charge is -2.11. The second kappa shape index (κ2) is 4.65. The summed E-state index contributed by atoms with van der Waals surface area (Å²) in [5.41, 5.74) is 0.627. The zero-order chi connectivity index (χ0) is 12.4. The minimum absolute atomic E-state index is 0.330. The van der Waals surface area contributed by atoms with E-state index in [-0.39, 0.29) is 0 Å². The summed E-state index contributed by atoms with van der Waals surface area (Å²) in [7, 11) is 0. The molecule has 1 atom stereocenters. The predicted octanol–water partition coefficient (Wildman–Crippen LogP) is 1.19. The van der Waals surface area contributed by atoms with Gasteiger partial charge in [-0.3, -0.25) is 4.98 Å². The lowest BCUT2D eigenvalue weighted by atomic mass is 10.2.